The second kappa shape index (κ2) is 6.65. The van der Waals surface area contributed by atoms with Crippen molar-refractivity contribution in [1.29, 1.82) is 0 Å². The van der Waals surface area contributed by atoms with Crippen molar-refractivity contribution >= 4 is 29.1 Å². The van der Waals surface area contributed by atoms with E-state index in [1.807, 2.05) is 56.3 Å². The summed E-state index contributed by atoms with van der Waals surface area (Å²) in [4.78, 5) is 28.2. The monoisotopic (exact) mass is 342 g/mol. The molecule has 0 unspecified atom stereocenters. The zero-order valence-corrected chi connectivity index (χ0v) is 14.5. The highest BCUT2D eigenvalue weighted by Crippen LogP contribution is 2.25. The Morgan fingerprint density at radius 1 is 0.917 bits per heavy atom. The summed E-state index contributed by atoms with van der Waals surface area (Å²) in [5.41, 5.74) is 3.60. The van der Waals surface area contributed by atoms with Crippen LogP contribution in [0, 0.1) is 13.8 Å². The summed E-state index contributed by atoms with van der Waals surface area (Å²) in [7, 11) is 0. The lowest BCUT2D eigenvalue weighted by molar-refractivity contribution is -0.146. The SMILES string of the molecule is Cc1ccccc1N1CCN(Cc2cccc(C)c2Cl)C(=O)C1=O. The summed E-state index contributed by atoms with van der Waals surface area (Å²) in [6, 6.07) is 13.3. The van der Waals surface area contributed by atoms with Crippen molar-refractivity contribution in [1.82, 2.24) is 4.90 Å². The summed E-state index contributed by atoms with van der Waals surface area (Å²) in [6.07, 6.45) is 0. The average molecular weight is 343 g/mol. The third kappa shape index (κ3) is 3.02. The fourth-order valence-electron chi connectivity index (χ4n) is 2.96. The summed E-state index contributed by atoms with van der Waals surface area (Å²) in [6.45, 7) is 5.19. The third-order valence-electron chi connectivity index (χ3n) is 4.35. The summed E-state index contributed by atoms with van der Waals surface area (Å²) < 4.78 is 0. The smallest absolute Gasteiger partial charge is 0.316 e. The van der Waals surface area contributed by atoms with Crippen LogP contribution in [0.15, 0.2) is 42.5 Å². The van der Waals surface area contributed by atoms with Gasteiger partial charge in [0.1, 0.15) is 0 Å². The van der Waals surface area contributed by atoms with E-state index in [-0.39, 0.29) is 0 Å². The van der Waals surface area contributed by atoms with Crippen LogP contribution in [0.4, 0.5) is 5.69 Å². The molecule has 2 aromatic rings. The van der Waals surface area contributed by atoms with Gasteiger partial charge in [-0.15, -0.1) is 0 Å². The van der Waals surface area contributed by atoms with Crippen molar-refractivity contribution in [3.8, 4) is 0 Å². The van der Waals surface area contributed by atoms with E-state index >= 15 is 0 Å². The van der Waals surface area contributed by atoms with Gasteiger partial charge in [-0.25, -0.2) is 0 Å². The number of amides is 2. The van der Waals surface area contributed by atoms with Crippen molar-refractivity contribution < 1.29 is 9.59 Å². The zero-order chi connectivity index (χ0) is 17.3. The van der Waals surface area contributed by atoms with Crippen LogP contribution in [0.2, 0.25) is 5.02 Å². The van der Waals surface area contributed by atoms with Gasteiger partial charge in [0.05, 0.1) is 0 Å². The largest absolute Gasteiger partial charge is 0.328 e. The first-order valence-corrected chi connectivity index (χ1v) is 8.27. The van der Waals surface area contributed by atoms with Gasteiger partial charge in [0.25, 0.3) is 0 Å². The Hall–Kier alpha value is -2.33. The lowest BCUT2D eigenvalue weighted by Gasteiger charge is -2.34. The minimum Gasteiger partial charge on any atom is -0.328 e. The average Bonchev–Trinajstić information content (AvgIpc) is 2.57. The fourth-order valence-corrected chi connectivity index (χ4v) is 3.14. The number of hydrogen-bond donors (Lipinski definition) is 0. The molecule has 5 heteroatoms. The quantitative estimate of drug-likeness (QED) is 0.803. The van der Waals surface area contributed by atoms with Gasteiger partial charge in [-0.1, -0.05) is 48.0 Å². The normalized spacial score (nSPS) is 15.1. The molecule has 2 aromatic carbocycles. The number of para-hydroxylation sites is 1. The van der Waals surface area contributed by atoms with Crippen LogP contribution >= 0.6 is 11.6 Å². The highest BCUT2D eigenvalue weighted by atomic mass is 35.5. The number of rotatable bonds is 3. The molecular weight excluding hydrogens is 324 g/mol. The molecule has 124 valence electrons. The fraction of sp³-hybridized carbons (Fsp3) is 0.263. The molecule has 0 aliphatic carbocycles. The van der Waals surface area contributed by atoms with Crippen LogP contribution in [0.1, 0.15) is 16.7 Å². The van der Waals surface area contributed by atoms with Crippen LogP contribution in [0.25, 0.3) is 0 Å². The molecule has 1 aliphatic heterocycles. The molecule has 1 saturated heterocycles. The van der Waals surface area contributed by atoms with E-state index in [2.05, 4.69) is 0 Å². The van der Waals surface area contributed by atoms with Gasteiger partial charge < -0.3 is 9.80 Å². The van der Waals surface area contributed by atoms with Crippen molar-refractivity contribution in [3.63, 3.8) is 0 Å². The molecule has 0 bridgehead atoms. The van der Waals surface area contributed by atoms with Gasteiger partial charge in [-0.3, -0.25) is 9.59 Å². The molecule has 3 rings (SSSR count). The van der Waals surface area contributed by atoms with E-state index in [1.165, 1.54) is 0 Å². The number of benzene rings is 2. The number of halogens is 1. The van der Waals surface area contributed by atoms with E-state index in [1.54, 1.807) is 9.80 Å². The molecule has 1 aliphatic rings. The van der Waals surface area contributed by atoms with E-state index < -0.39 is 11.8 Å². The number of hydrogen-bond acceptors (Lipinski definition) is 2. The first kappa shape index (κ1) is 16.5. The standard InChI is InChI=1S/C19H19ClN2O2/c1-13-6-3-4-9-16(13)22-11-10-21(18(23)19(22)24)12-15-8-5-7-14(2)17(15)20/h3-9H,10-12H2,1-2H3. The van der Waals surface area contributed by atoms with Crippen molar-refractivity contribution in [3.05, 3.63) is 64.2 Å². The molecule has 0 atom stereocenters. The first-order chi connectivity index (χ1) is 11.5. The van der Waals surface area contributed by atoms with E-state index in [0.29, 0.717) is 24.7 Å². The van der Waals surface area contributed by atoms with E-state index in [9.17, 15) is 9.59 Å². The molecule has 24 heavy (non-hydrogen) atoms. The highest BCUT2D eigenvalue weighted by molar-refractivity contribution is 6.41. The van der Waals surface area contributed by atoms with Crippen LogP contribution in [0.5, 0.6) is 0 Å². The highest BCUT2D eigenvalue weighted by Gasteiger charge is 2.34. The third-order valence-corrected chi connectivity index (χ3v) is 4.89. The Morgan fingerprint density at radius 3 is 2.38 bits per heavy atom. The summed E-state index contributed by atoms with van der Waals surface area (Å²) in [5.74, 6) is -0.971. The molecular formula is C19H19ClN2O2. The molecule has 4 nitrogen and oxygen atoms in total. The van der Waals surface area contributed by atoms with Crippen molar-refractivity contribution in [2.45, 2.75) is 20.4 Å². The van der Waals surface area contributed by atoms with E-state index in [0.717, 1.165) is 22.4 Å². The van der Waals surface area contributed by atoms with Gasteiger partial charge in [0, 0.05) is 30.3 Å². The minimum atomic E-state index is -0.487. The second-order valence-electron chi connectivity index (χ2n) is 6.02. The lowest BCUT2D eigenvalue weighted by Crippen LogP contribution is -2.54. The lowest BCUT2D eigenvalue weighted by atomic mass is 10.1. The Morgan fingerprint density at radius 2 is 1.62 bits per heavy atom. The Kier molecular flexibility index (Phi) is 4.58. The van der Waals surface area contributed by atoms with Crippen molar-refractivity contribution in [2.75, 3.05) is 18.0 Å². The molecule has 0 saturated carbocycles. The van der Waals surface area contributed by atoms with Crippen molar-refractivity contribution in [2.24, 2.45) is 0 Å². The van der Waals surface area contributed by atoms with E-state index in [4.69, 9.17) is 11.6 Å². The number of piperazine rings is 1. The van der Waals surface area contributed by atoms with Gasteiger partial charge in [-0.2, -0.15) is 0 Å². The Bertz CT molecular complexity index is 804. The second-order valence-corrected chi connectivity index (χ2v) is 6.40. The van der Waals surface area contributed by atoms with Crippen LogP contribution in [-0.2, 0) is 16.1 Å². The maximum atomic E-state index is 12.5. The predicted molar refractivity (Wildman–Crippen MR) is 95.1 cm³/mol. The van der Waals surface area contributed by atoms with Gasteiger partial charge in [0.15, 0.2) is 0 Å². The summed E-state index contributed by atoms with van der Waals surface area (Å²) in [5, 5.41) is 0.652. The number of nitrogens with zero attached hydrogens (tertiary/aromatic N) is 2. The Labute approximate surface area is 146 Å². The van der Waals surface area contributed by atoms with Gasteiger partial charge in [-0.05, 0) is 36.6 Å². The minimum absolute atomic E-state index is 0.354. The van der Waals surface area contributed by atoms with Crippen LogP contribution < -0.4 is 4.90 Å². The molecule has 0 aromatic heterocycles. The molecule has 1 fully saturated rings. The number of aryl methyl sites for hydroxylation is 2. The first-order valence-electron chi connectivity index (χ1n) is 7.89. The number of anilines is 1. The number of carbonyl (C=O) groups excluding carboxylic acids is 2. The molecule has 0 spiro atoms. The van der Waals surface area contributed by atoms with Gasteiger partial charge >= 0.3 is 11.8 Å². The zero-order valence-electron chi connectivity index (χ0n) is 13.8. The topological polar surface area (TPSA) is 40.6 Å². The Balaban J connectivity index is 1.79. The predicted octanol–water partition coefficient (Wildman–Crippen LogP) is 3.33. The molecule has 0 radical (unpaired) electrons. The van der Waals surface area contributed by atoms with Crippen LogP contribution in [-0.4, -0.2) is 29.8 Å². The molecule has 0 N–H and O–H groups in total. The summed E-state index contributed by atoms with van der Waals surface area (Å²) >= 11 is 6.31. The molecule has 1 heterocycles. The maximum Gasteiger partial charge on any atom is 0.316 e. The van der Waals surface area contributed by atoms with Crippen LogP contribution in [0.3, 0.4) is 0 Å². The maximum absolute atomic E-state index is 12.5. The molecule has 2 amide bonds. The number of carbonyl (C=O) groups is 2. The van der Waals surface area contributed by atoms with Gasteiger partial charge in [0.2, 0.25) is 0 Å².